The predicted molar refractivity (Wildman–Crippen MR) is 118 cm³/mol. The highest BCUT2D eigenvalue weighted by Gasteiger charge is 2.68. The van der Waals surface area contributed by atoms with Crippen LogP contribution in [0.5, 0.6) is 0 Å². The molecule has 3 aliphatic rings. The molecule has 4 atom stereocenters. The van der Waals surface area contributed by atoms with Crippen LogP contribution in [0.4, 0.5) is 0 Å². The molecule has 0 N–H and O–H groups in total. The number of hydrogen-bond acceptors (Lipinski definition) is 1. The summed E-state index contributed by atoms with van der Waals surface area (Å²) < 4.78 is 0. The number of nitrogens with zero attached hydrogens (tertiary/aromatic N) is 1. The van der Waals surface area contributed by atoms with Crippen molar-refractivity contribution in [3.05, 3.63) is 34.4 Å². The Balaban J connectivity index is 1.98. The van der Waals surface area contributed by atoms with Crippen molar-refractivity contribution in [3.8, 4) is 0 Å². The molecule has 0 aromatic heterocycles. The predicted octanol–water partition coefficient (Wildman–Crippen LogP) is 5.80. The minimum absolute atomic E-state index is 0.317. The summed E-state index contributed by atoms with van der Waals surface area (Å²) in [6.45, 7) is 16.2. The molecule has 4 rings (SSSR count). The van der Waals surface area contributed by atoms with Crippen LogP contribution < -0.4 is 0 Å². The molecular formula is C25H39BN. The van der Waals surface area contributed by atoms with Crippen molar-refractivity contribution in [1.82, 2.24) is 4.90 Å². The molecule has 0 amide bonds. The molecule has 27 heavy (non-hydrogen) atoms. The van der Waals surface area contributed by atoms with Gasteiger partial charge in [0.05, 0.1) is 0 Å². The lowest BCUT2D eigenvalue weighted by Gasteiger charge is -2.72. The van der Waals surface area contributed by atoms with E-state index in [1.54, 1.807) is 16.7 Å². The number of fused-ring (bicyclic) bond motifs is 1. The molecule has 1 heterocycles. The Labute approximate surface area is 168 Å². The van der Waals surface area contributed by atoms with Crippen LogP contribution in [-0.4, -0.2) is 31.8 Å². The summed E-state index contributed by atoms with van der Waals surface area (Å²) >= 11 is 0. The molecule has 1 aromatic rings. The normalized spacial score (nSPS) is 37.4. The van der Waals surface area contributed by atoms with Gasteiger partial charge in [0.1, 0.15) is 7.28 Å². The summed E-state index contributed by atoms with van der Waals surface area (Å²) in [5.74, 6) is 0.830. The van der Waals surface area contributed by atoms with Gasteiger partial charge in [-0.2, -0.15) is 0 Å². The lowest BCUT2D eigenvalue weighted by molar-refractivity contribution is -0.158. The Morgan fingerprint density at radius 1 is 1.15 bits per heavy atom. The Morgan fingerprint density at radius 2 is 1.89 bits per heavy atom. The van der Waals surface area contributed by atoms with E-state index in [0.717, 1.165) is 5.92 Å². The molecule has 0 spiro atoms. The van der Waals surface area contributed by atoms with Gasteiger partial charge in [-0.25, -0.2) is 0 Å². The van der Waals surface area contributed by atoms with E-state index in [-0.39, 0.29) is 0 Å². The second-order valence-electron chi connectivity index (χ2n) is 10.8. The van der Waals surface area contributed by atoms with Gasteiger partial charge in [-0.05, 0) is 92.1 Å². The highest BCUT2D eigenvalue weighted by molar-refractivity contribution is 6.33. The summed E-state index contributed by atoms with van der Waals surface area (Å²) in [6, 6.07) is 5.55. The fraction of sp³-hybridized carbons (Fsp3) is 0.760. The zero-order chi connectivity index (χ0) is 19.6. The van der Waals surface area contributed by atoms with Crippen LogP contribution in [0.3, 0.4) is 0 Å². The summed E-state index contributed by atoms with van der Waals surface area (Å²) in [5, 5.41) is 0. The lowest BCUT2D eigenvalue weighted by atomic mass is 9.35. The molecule has 1 radical (unpaired) electrons. The molecule has 1 aliphatic heterocycles. The van der Waals surface area contributed by atoms with Gasteiger partial charge < -0.3 is 4.90 Å². The van der Waals surface area contributed by atoms with Gasteiger partial charge in [0, 0.05) is 11.5 Å². The molecule has 2 fully saturated rings. The van der Waals surface area contributed by atoms with Crippen molar-refractivity contribution in [2.45, 2.75) is 91.3 Å². The Bertz CT molecular complexity index is 738. The third-order valence-electron chi connectivity index (χ3n) is 9.68. The summed E-state index contributed by atoms with van der Waals surface area (Å²) in [6.07, 6.45) is 8.00. The van der Waals surface area contributed by atoms with Crippen molar-refractivity contribution in [1.29, 1.82) is 0 Å². The minimum atomic E-state index is 0.317. The zero-order valence-electron chi connectivity index (χ0n) is 18.8. The van der Waals surface area contributed by atoms with E-state index in [4.69, 9.17) is 0 Å². The molecule has 1 nitrogen and oxygen atoms in total. The molecule has 2 heteroatoms. The third kappa shape index (κ3) is 2.35. The smallest absolute Gasteiger partial charge is 0.105 e. The maximum Gasteiger partial charge on any atom is 0.105 e. The van der Waals surface area contributed by atoms with E-state index in [1.165, 1.54) is 50.5 Å². The Kier molecular flexibility index (Phi) is 4.62. The van der Waals surface area contributed by atoms with E-state index in [2.05, 4.69) is 72.8 Å². The molecule has 147 valence electrons. The first-order chi connectivity index (χ1) is 12.7. The molecule has 2 aliphatic carbocycles. The highest BCUT2D eigenvalue weighted by atomic mass is 15.2. The van der Waals surface area contributed by atoms with Crippen LogP contribution in [0.25, 0.3) is 0 Å². The van der Waals surface area contributed by atoms with Gasteiger partial charge in [-0.15, -0.1) is 0 Å². The fourth-order valence-electron chi connectivity index (χ4n) is 8.01. The number of likely N-dealkylation sites (N-methyl/N-ethyl adjacent to an activating group) is 1. The van der Waals surface area contributed by atoms with Gasteiger partial charge in [-0.1, -0.05) is 52.5 Å². The van der Waals surface area contributed by atoms with Crippen LogP contribution in [0.2, 0.25) is 13.1 Å². The molecule has 1 aromatic carbocycles. The average molecular weight is 364 g/mol. The first-order valence-corrected chi connectivity index (χ1v) is 11.3. The monoisotopic (exact) mass is 364 g/mol. The third-order valence-corrected chi connectivity index (χ3v) is 9.68. The van der Waals surface area contributed by atoms with Crippen molar-refractivity contribution in [3.63, 3.8) is 0 Å². The topological polar surface area (TPSA) is 3.24 Å². The largest absolute Gasteiger partial charge is 0.302 e. The molecule has 1 saturated carbocycles. The van der Waals surface area contributed by atoms with Gasteiger partial charge in [0.25, 0.3) is 0 Å². The van der Waals surface area contributed by atoms with Gasteiger partial charge in [0.15, 0.2) is 0 Å². The average Bonchev–Trinajstić information content (AvgIpc) is 2.61. The summed E-state index contributed by atoms with van der Waals surface area (Å²) in [4.78, 5) is 2.70. The van der Waals surface area contributed by atoms with E-state index in [9.17, 15) is 0 Å². The highest BCUT2D eigenvalue weighted by Crippen LogP contribution is 2.71. The standard InChI is InChI=1S/C25H39BN/c1-17-8-9-19-16-21-24(5)12-10-20(11-14-26-6)23(3,4)25(24,13-15-27(21)7)22(19)18(17)2/h8-9,20-21H,10-16H2,1-7H3/t20?,21-,24?,25+/m1/s1. The van der Waals surface area contributed by atoms with Crippen LogP contribution in [0.1, 0.15) is 68.7 Å². The first kappa shape index (κ1) is 19.6. The number of aryl methyl sites for hydroxylation is 1. The summed E-state index contributed by atoms with van der Waals surface area (Å²) in [7, 11) is 4.76. The van der Waals surface area contributed by atoms with Crippen molar-refractivity contribution >= 4 is 7.28 Å². The van der Waals surface area contributed by atoms with Crippen molar-refractivity contribution in [2.75, 3.05) is 13.6 Å². The van der Waals surface area contributed by atoms with E-state index < -0.39 is 0 Å². The lowest BCUT2D eigenvalue weighted by Crippen LogP contribution is -2.72. The summed E-state index contributed by atoms with van der Waals surface area (Å²) in [5.41, 5.74) is 7.56. The van der Waals surface area contributed by atoms with Crippen LogP contribution >= 0.6 is 0 Å². The van der Waals surface area contributed by atoms with E-state index in [0.29, 0.717) is 22.3 Å². The zero-order valence-corrected chi connectivity index (χ0v) is 18.8. The second kappa shape index (κ2) is 6.38. The molecular weight excluding hydrogens is 325 g/mol. The van der Waals surface area contributed by atoms with Gasteiger partial charge in [0.2, 0.25) is 0 Å². The Hall–Kier alpha value is -0.755. The van der Waals surface area contributed by atoms with E-state index >= 15 is 0 Å². The van der Waals surface area contributed by atoms with E-state index in [1.807, 2.05) is 0 Å². The number of hydrogen-bond donors (Lipinski definition) is 0. The number of likely N-dealkylation sites (tertiary alicyclic amines) is 1. The van der Waals surface area contributed by atoms with Gasteiger partial charge >= 0.3 is 0 Å². The second-order valence-corrected chi connectivity index (χ2v) is 10.8. The molecule has 1 saturated heterocycles. The van der Waals surface area contributed by atoms with Gasteiger partial charge in [-0.3, -0.25) is 0 Å². The fourth-order valence-corrected chi connectivity index (χ4v) is 8.01. The van der Waals surface area contributed by atoms with Crippen LogP contribution in [0.15, 0.2) is 12.1 Å². The first-order valence-electron chi connectivity index (χ1n) is 11.3. The number of rotatable bonds is 3. The SMILES string of the molecule is C[B]CCC1CCC2(C)[C@H]3Cc4ccc(C)c(C)c4[C@@]2(CCN3C)C1(C)C. The number of benzene rings is 1. The maximum atomic E-state index is 2.70. The van der Waals surface area contributed by atoms with Crippen molar-refractivity contribution in [2.24, 2.45) is 16.7 Å². The van der Waals surface area contributed by atoms with Crippen molar-refractivity contribution < 1.29 is 0 Å². The number of piperidine rings is 1. The molecule has 2 unspecified atom stereocenters. The Morgan fingerprint density at radius 3 is 2.59 bits per heavy atom. The van der Waals surface area contributed by atoms with Crippen LogP contribution in [-0.2, 0) is 11.8 Å². The quantitative estimate of drug-likeness (QED) is 0.612. The maximum absolute atomic E-state index is 2.70. The molecule has 2 bridgehead atoms. The van der Waals surface area contributed by atoms with Crippen LogP contribution in [0, 0.1) is 30.6 Å². The minimum Gasteiger partial charge on any atom is -0.302 e.